The van der Waals surface area contributed by atoms with E-state index in [0.29, 0.717) is 11.5 Å². The van der Waals surface area contributed by atoms with Crippen LogP contribution in [-0.2, 0) is 0 Å². The lowest BCUT2D eigenvalue weighted by Crippen LogP contribution is -1.86. The smallest absolute Gasteiger partial charge is 0.227 e. The minimum Gasteiger partial charge on any atom is -0.436 e. The fourth-order valence-corrected chi connectivity index (χ4v) is 5.94. The van der Waals surface area contributed by atoms with E-state index >= 15 is 0 Å². The summed E-state index contributed by atoms with van der Waals surface area (Å²) in [6, 6.07) is 53.8. The van der Waals surface area contributed by atoms with Crippen molar-refractivity contribution in [2.24, 2.45) is 0 Å². The fraction of sp³-hybridized carbons (Fsp3) is 0. The fourth-order valence-electron chi connectivity index (χ4n) is 5.94. The molecule has 6 aromatic carbocycles. The van der Waals surface area contributed by atoms with Crippen LogP contribution < -0.4 is 0 Å². The molecule has 0 spiro atoms. The third-order valence-corrected chi connectivity index (χ3v) is 8.49. The van der Waals surface area contributed by atoms with Crippen molar-refractivity contribution >= 4 is 11.1 Å². The maximum atomic E-state index is 9.14. The van der Waals surface area contributed by atoms with Gasteiger partial charge in [-0.3, -0.25) is 4.98 Å². The maximum absolute atomic E-state index is 9.14. The lowest BCUT2D eigenvalue weighted by Gasteiger charge is -2.08. The Hall–Kier alpha value is -6.57. The van der Waals surface area contributed by atoms with Crippen molar-refractivity contribution < 1.29 is 4.42 Å². The first-order valence-electron chi connectivity index (χ1n) is 15.4. The second kappa shape index (κ2) is 12.1. The summed E-state index contributed by atoms with van der Waals surface area (Å²) >= 11 is 0. The average Bonchev–Trinajstić information content (AvgIpc) is 3.60. The number of benzene rings is 6. The lowest BCUT2D eigenvalue weighted by molar-refractivity contribution is 0.620. The second-order valence-electron chi connectivity index (χ2n) is 11.4. The molecule has 0 aliphatic carbocycles. The van der Waals surface area contributed by atoms with Gasteiger partial charge in [0.1, 0.15) is 5.52 Å². The molecule has 0 saturated heterocycles. The number of aromatic nitrogens is 2. The van der Waals surface area contributed by atoms with Crippen molar-refractivity contribution in [2.75, 3.05) is 0 Å². The number of rotatable bonds is 6. The molecule has 0 unspecified atom stereocenters. The van der Waals surface area contributed by atoms with Crippen molar-refractivity contribution in [1.29, 1.82) is 5.26 Å². The van der Waals surface area contributed by atoms with Crippen molar-refractivity contribution in [1.82, 2.24) is 9.97 Å². The van der Waals surface area contributed by atoms with Gasteiger partial charge < -0.3 is 4.42 Å². The van der Waals surface area contributed by atoms with Gasteiger partial charge in [0.15, 0.2) is 5.58 Å². The van der Waals surface area contributed by atoms with Gasteiger partial charge in [0, 0.05) is 23.5 Å². The molecule has 4 heteroatoms. The molecule has 0 atom stereocenters. The molecule has 0 aliphatic rings. The summed E-state index contributed by atoms with van der Waals surface area (Å²) in [6.45, 7) is 0. The van der Waals surface area contributed by atoms with Crippen LogP contribution in [0.1, 0.15) is 5.56 Å². The molecule has 2 aromatic heterocycles. The number of fused-ring (bicyclic) bond motifs is 1. The van der Waals surface area contributed by atoms with Crippen LogP contribution in [0.3, 0.4) is 0 Å². The first-order chi connectivity index (χ1) is 23.2. The van der Waals surface area contributed by atoms with E-state index in [1.165, 1.54) is 0 Å². The van der Waals surface area contributed by atoms with Crippen molar-refractivity contribution in [2.45, 2.75) is 0 Å². The Morgan fingerprint density at radius 1 is 0.468 bits per heavy atom. The van der Waals surface area contributed by atoms with E-state index in [1.807, 2.05) is 54.7 Å². The quantitative estimate of drug-likeness (QED) is 0.190. The topological polar surface area (TPSA) is 62.7 Å². The third kappa shape index (κ3) is 5.59. The molecule has 0 radical (unpaired) electrons. The molecule has 220 valence electrons. The predicted molar refractivity (Wildman–Crippen MR) is 189 cm³/mol. The van der Waals surface area contributed by atoms with Gasteiger partial charge >= 0.3 is 0 Å². The van der Waals surface area contributed by atoms with Crippen LogP contribution in [-0.4, -0.2) is 9.97 Å². The van der Waals surface area contributed by atoms with E-state index in [1.54, 1.807) is 6.20 Å². The number of nitrogens with zero attached hydrogens (tertiary/aromatic N) is 3. The van der Waals surface area contributed by atoms with E-state index in [9.17, 15) is 0 Å². The van der Waals surface area contributed by atoms with Gasteiger partial charge in [-0.25, -0.2) is 4.98 Å². The van der Waals surface area contributed by atoms with Gasteiger partial charge in [0.05, 0.1) is 11.6 Å². The van der Waals surface area contributed by atoms with E-state index < -0.39 is 0 Å². The largest absolute Gasteiger partial charge is 0.436 e. The van der Waals surface area contributed by atoms with Gasteiger partial charge in [0.2, 0.25) is 5.89 Å². The van der Waals surface area contributed by atoms with Crippen LogP contribution >= 0.6 is 0 Å². The van der Waals surface area contributed by atoms with Crippen LogP contribution in [0, 0.1) is 11.3 Å². The summed E-state index contributed by atoms with van der Waals surface area (Å²) in [5.74, 6) is 0.587. The Morgan fingerprint density at radius 2 is 0.979 bits per heavy atom. The highest BCUT2D eigenvalue weighted by molar-refractivity contribution is 5.96. The second-order valence-corrected chi connectivity index (χ2v) is 11.4. The van der Waals surface area contributed by atoms with Crippen LogP contribution in [0.2, 0.25) is 0 Å². The first kappa shape index (κ1) is 27.9. The van der Waals surface area contributed by atoms with E-state index in [4.69, 9.17) is 14.7 Å². The molecule has 0 saturated carbocycles. The minimum atomic E-state index is 0.587. The highest BCUT2D eigenvalue weighted by Gasteiger charge is 2.16. The number of hydrogen-bond donors (Lipinski definition) is 0. The molecule has 2 heterocycles. The van der Waals surface area contributed by atoms with Gasteiger partial charge in [-0.05, 0) is 92.5 Å². The molecule has 47 heavy (non-hydrogen) atoms. The van der Waals surface area contributed by atoms with Crippen LogP contribution in [0.4, 0.5) is 0 Å². The number of hydrogen-bond acceptors (Lipinski definition) is 4. The normalized spacial score (nSPS) is 11.0. The Balaban J connectivity index is 1.13. The highest BCUT2D eigenvalue weighted by Crippen LogP contribution is 2.37. The van der Waals surface area contributed by atoms with Gasteiger partial charge in [-0.1, -0.05) is 109 Å². The van der Waals surface area contributed by atoms with E-state index in [2.05, 4.69) is 114 Å². The molecular formula is C43H27N3O. The molecule has 0 aliphatic heterocycles. The standard InChI is InChI=1S/C43H27N3O/c44-27-29-8-10-30(11-9-29)31-14-18-35(19-15-31)39-25-40(36-5-2-1-3-6-36)42-41(26-39)47-43(46-42)37-22-20-33(21-23-37)32-12-16-34(17-13-32)38-7-4-24-45-28-38/h1-26,28H. The van der Waals surface area contributed by atoms with Gasteiger partial charge in [-0.2, -0.15) is 5.26 Å². The molecular weight excluding hydrogens is 574 g/mol. The Bertz CT molecular complexity index is 2350. The third-order valence-electron chi connectivity index (χ3n) is 8.49. The summed E-state index contributed by atoms with van der Waals surface area (Å²) in [6.07, 6.45) is 3.67. The average molecular weight is 602 g/mol. The SMILES string of the molecule is N#Cc1ccc(-c2ccc(-c3cc(-c4ccccc4)c4nc(-c5ccc(-c6ccc(-c7cccnc7)cc6)cc5)oc4c3)cc2)cc1. The van der Waals surface area contributed by atoms with Crippen LogP contribution in [0.15, 0.2) is 168 Å². The lowest BCUT2D eigenvalue weighted by atomic mass is 9.96. The molecule has 0 amide bonds. The Morgan fingerprint density at radius 3 is 1.53 bits per heavy atom. The van der Waals surface area contributed by atoms with E-state index in [0.717, 1.165) is 72.3 Å². The van der Waals surface area contributed by atoms with Crippen LogP contribution in [0.25, 0.3) is 78.2 Å². The zero-order valence-corrected chi connectivity index (χ0v) is 25.3. The molecule has 8 aromatic rings. The van der Waals surface area contributed by atoms with Gasteiger partial charge in [0.25, 0.3) is 0 Å². The van der Waals surface area contributed by atoms with Crippen LogP contribution in [0.5, 0.6) is 0 Å². The summed E-state index contributed by atoms with van der Waals surface area (Å²) in [5, 5.41) is 9.14. The zero-order valence-electron chi connectivity index (χ0n) is 25.3. The van der Waals surface area contributed by atoms with Crippen molar-refractivity contribution in [3.63, 3.8) is 0 Å². The molecule has 4 nitrogen and oxygen atoms in total. The number of nitriles is 1. The maximum Gasteiger partial charge on any atom is 0.227 e. The minimum absolute atomic E-state index is 0.587. The Kier molecular flexibility index (Phi) is 7.18. The molecule has 0 N–H and O–H groups in total. The molecule has 0 bridgehead atoms. The summed E-state index contributed by atoms with van der Waals surface area (Å²) in [4.78, 5) is 9.25. The summed E-state index contributed by atoms with van der Waals surface area (Å²) in [7, 11) is 0. The Labute approximate surface area is 272 Å². The zero-order chi connectivity index (χ0) is 31.6. The first-order valence-corrected chi connectivity index (χ1v) is 15.4. The highest BCUT2D eigenvalue weighted by atomic mass is 16.3. The predicted octanol–water partition coefficient (Wildman–Crippen LogP) is 11.1. The number of pyridine rings is 1. The molecule has 0 fully saturated rings. The van der Waals surface area contributed by atoms with Crippen molar-refractivity contribution in [3.05, 3.63) is 170 Å². The van der Waals surface area contributed by atoms with Gasteiger partial charge in [-0.15, -0.1) is 0 Å². The molecule has 8 rings (SSSR count). The van der Waals surface area contributed by atoms with Crippen molar-refractivity contribution in [3.8, 4) is 73.2 Å². The summed E-state index contributed by atoms with van der Waals surface area (Å²) in [5.41, 5.74) is 14.1. The monoisotopic (exact) mass is 601 g/mol. The summed E-state index contributed by atoms with van der Waals surface area (Å²) < 4.78 is 6.46. The van der Waals surface area contributed by atoms with E-state index in [-0.39, 0.29) is 0 Å². The number of oxazole rings is 1.